The number of hydrogen-bond donors (Lipinski definition) is 1. The lowest BCUT2D eigenvalue weighted by atomic mass is 10.1. The quantitative estimate of drug-likeness (QED) is 0.386. The third-order valence-electron chi connectivity index (χ3n) is 4.88. The minimum Gasteiger partial charge on any atom is -0.493 e. The van der Waals surface area contributed by atoms with E-state index in [2.05, 4.69) is 23.2 Å². The lowest BCUT2D eigenvalue weighted by Gasteiger charge is -2.11. The molecule has 0 aliphatic rings. The molecule has 0 spiro atoms. The molecule has 0 saturated heterocycles. The second kappa shape index (κ2) is 9.13. The molecule has 0 bridgehead atoms. The topological polar surface area (TPSA) is 68.1 Å². The number of methoxy groups -OCH3 is 1. The largest absolute Gasteiger partial charge is 0.493 e. The van der Waals surface area contributed by atoms with Crippen molar-refractivity contribution in [2.24, 2.45) is 4.99 Å². The van der Waals surface area contributed by atoms with Crippen molar-refractivity contribution in [1.82, 2.24) is 0 Å². The fourth-order valence-electron chi connectivity index (χ4n) is 3.30. The van der Waals surface area contributed by atoms with E-state index >= 15 is 0 Å². The summed E-state index contributed by atoms with van der Waals surface area (Å²) in [7, 11) is 1.58. The number of fused-ring (bicyclic) bond motifs is 1. The van der Waals surface area contributed by atoms with Crippen LogP contribution in [0.1, 0.15) is 21.5 Å². The van der Waals surface area contributed by atoms with E-state index in [0.717, 1.165) is 27.6 Å². The number of carboxylic acids is 1. The molecule has 4 aromatic rings. The Kier molecular flexibility index (Phi) is 5.94. The average molecular weight is 411 g/mol. The van der Waals surface area contributed by atoms with Crippen LogP contribution in [0.4, 0.5) is 5.69 Å². The second-order valence-electron chi connectivity index (χ2n) is 6.96. The number of ether oxygens (including phenoxy) is 2. The van der Waals surface area contributed by atoms with Gasteiger partial charge in [-0.05, 0) is 52.9 Å². The van der Waals surface area contributed by atoms with Gasteiger partial charge in [0.2, 0.25) is 0 Å². The fraction of sp³-hybridized carbons (Fsp3) is 0.0769. The van der Waals surface area contributed by atoms with Crippen molar-refractivity contribution in [2.75, 3.05) is 7.11 Å². The third kappa shape index (κ3) is 4.73. The predicted molar refractivity (Wildman–Crippen MR) is 122 cm³/mol. The smallest absolute Gasteiger partial charge is 0.335 e. The lowest BCUT2D eigenvalue weighted by molar-refractivity contribution is 0.0696. The van der Waals surface area contributed by atoms with Crippen LogP contribution < -0.4 is 9.47 Å². The van der Waals surface area contributed by atoms with Crippen molar-refractivity contribution in [3.63, 3.8) is 0 Å². The summed E-state index contributed by atoms with van der Waals surface area (Å²) in [4.78, 5) is 15.8. The monoisotopic (exact) mass is 411 g/mol. The Bertz CT molecular complexity index is 1260. The summed E-state index contributed by atoms with van der Waals surface area (Å²) in [5, 5.41) is 11.4. The first-order valence-corrected chi connectivity index (χ1v) is 9.79. The van der Waals surface area contributed by atoms with E-state index in [1.54, 1.807) is 31.5 Å². The Labute approximate surface area is 180 Å². The lowest BCUT2D eigenvalue weighted by Crippen LogP contribution is -2.01. The van der Waals surface area contributed by atoms with Crippen LogP contribution in [-0.2, 0) is 6.61 Å². The standard InChI is InChI=1S/C26H21NO4/c1-30-25-15-18(16-27-23-11-5-8-20-7-2-3-10-22(20)23)12-13-24(25)31-17-19-6-4-9-21(14-19)26(28)29/h2-16H,17H2,1H3,(H,28,29). The first kappa shape index (κ1) is 20.2. The van der Waals surface area contributed by atoms with Crippen molar-refractivity contribution in [2.45, 2.75) is 6.61 Å². The maximum Gasteiger partial charge on any atom is 0.335 e. The summed E-state index contributed by atoms with van der Waals surface area (Å²) in [6, 6.07) is 26.4. The van der Waals surface area contributed by atoms with Crippen LogP contribution in [0.25, 0.3) is 10.8 Å². The molecule has 1 N–H and O–H groups in total. The zero-order valence-corrected chi connectivity index (χ0v) is 17.0. The molecule has 4 aromatic carbocycles. The molecule has 0 aromatic heterocycles. The van der Waals surface area contributed by atoms with E-state index in [0.29, 0.717) is 11.5 Å². The summed E-state index contributed by atoms with van der Waals surface area (Å²) in [6.45, 7) is 0.237. The summed E-state index contributed by atoms with van der Waals surface area (Å²) in [6.07, 6.45) is 1.80. The first-order chi connectivity index (χ1) is 15.1. The van der Waals surface area contributed by atoms with Crippen molar-refractivity contribution < 1.29 is 19.4 Å². The maximum absolute atomic E-state index is 11.1. The Hall–Kier alpha value is -4.12. The van der Waals surface area contributed by atoms with E-state index in [9.17, 15) is 4.79 Å². The highest BCUT2D eigenvalue weighted by Gasteiger charge is 2.08. The van der Waals surface area contributed by atoms with Crippen LogP contribution in [-0.4, -0.2) is 24.4 Å². The molecule has 0 radical (unpaired) electrons. The molecule has 5 heteroatoms. The molecule has 5 nitrogen and oxygen atoms in total. The Morgan fingerprint density at radius 1 is 0.935 bits per heavy atom. The zero-order chi connectivity index (χ0) is 21.6. The summed E-state index contributed by atoms with van der Waals surface area (Å²) < 4.78 is 11.3. The highest BCUT2D eigenvalue weighted by Crippen LogP contribution is 2.29. The second-order valence-corrected chi connectivity index (χ2v) is 6.96. The number of carbonyl (C=O) groups is 1. The molecule has 31 heavy (non-hydrogen) atoms. The molecule has 0 aliphatic heterocycles. The van der Waals surface area contributed by atoms with Crippen molar-refractivity contribution in [3.8, 4) is 11.5 Å². The highest BCUT2D eigenvalue weighted by molar-refractivity contribution is 5.95. The van der Waals surface area contributed by atoms with E-state index in [4.69, 9.17) is 14.6 Å². The normalized spacial score (nSPS) is 11.0. The number of aromatic carboxylic acids is 1. The molecule has 0 aliphatic carbocycles. The fourth-order valence-corrected chi connectivity index (χ4v) is 3.30. The van der Waals surface area contributed by atoms with Crippen molar-refractivity contribution >= 4 is 28.6 Å². The van der Waals surface area contributed by atoms with E-state index in [1.807, 2.05) is 48.5 Å². The van der Waals surface area contributed by atoms with Crippen LogP contribution >= 0.6 is 0 Å². The van der Waals surface area contributed by atoms with Crippen LogP contribution in [0.3, 0.4) is 0 Å². The summed E-state index contributed by atoms with van der Waals surface area (Å²) in [5.41, 5.74) is 2.78. The van der Waals surface area contributed by atoms with Gasteiger partial charge in [-0.1, -0.05) is 48.5 Å². The van der Waals surface area contributed by atoms with Gasteiger partial charge in [-0.25, -0.2) is 4.79 Å². The van der Waals surface area contributed by atoms with Crippen molar-refractivity contribution in [1.29, 1.82) is 0 Å². The number of hydrogen-bond acceptors (Lipinski definition) is 4. The van der Waals surface area contributed by atoms with Gasteiger partial charge in [0.25, 0.3) is 0 Å². The van der Waals surface area contributed by atoms with Crippen LogP contribution in [0.5, 0.6) is 11.5 Å². The highest BCUT2D eigenvalue weighted by atomic mass is 16.5. The van der Waals surface area contributed by atoms with Gasteiger partial charge in [0.05, 0.1) is 18.4 Å². The molecule has 0 heterocycles. The molecule has 0 amide bonds. The number of benzene rings is 4. The van der Waals surface area contributed by atoms with Crippen LogP contribution in [0.15, 0.2) is 89.9 Å². The zero-order valence-electron chi connectivity index (χ0n) is 17.0. The number of aliphatic imine (C=N–C) groups is 1. The first-order valence-electron chi connectivity index (χ1n) is 9.79. The molecule has 154 valence electrons. The van der Waals surface area contributed by atoms with Crippen LogP contribution in [0, 0.1) is 0 Å². The minimum atomic E-state index is -0.964. The Balaban J connectivity index is 1.52. The Morgan fingerprint density at radius 2 is 1.74 bits per heavy atom. The summed E-state index contributed by atoms with van der Waals surface area (Å²) >= 11 is 0. The van der Waals surface area contributed by atoms with Gasteiger partial charge in [0.1, 0.15) is 6.61 Å². The predicted octanol–water partition coefficient (Wildman–Crippen LogP) is 5.88. The minimum absolute atomic E-state index is 0.230. The van der Waals surface area contributed by atoms with E-state index in [1.165, 1.54) is 0 Å². The van der Waals surface area contributed by atoms with Gasteiger partial charge < -0.3 is 14.6 Å². The SMILES string of the molecule is COc1cc(C=Nc2cccc3ccccc23)ccc1OCc1cccc(C(=O)O)c1. The molecular weight excluding hydrogens is 390 g/mol. The van der Waals surface area contributed by atoms with Gasteiger partial charge in [-0.15, -0.1) is 0 Å². The van der Waals surface area contributed by atoms with Gasteiger partial charge >= 0.3 is 5.97 Å². The number of rotatable bonds is 7. The number of nitrogens with zero attached hydrogens (tertiary/aromatic N) is 1. The third-order valence-corrected chi connectivity index (χ3v) is 4.88. The average Bonchev–Trinajstić information content (AvgIpc) is 2.81. The Morgan fingerprint density at radius 3 is 2.58 bits per heavy atom. The summed E-state index contributed by atoms with van der Waals surface area (Å²) in [5.74, 6) is 0.191. The van der Waals surface area contributed by atoms with Gasteiger partial charge in [-0.3, -0.25) is 4.99 Å². The maximum atomic E-state index is 11.1. The van der Waals surface area contributed by atoms with Gasteiger partial charge in [0, 0.05) is 11.6 Å². The molecular formula is C26H21NO4. The molecule has 0 fully saturated rings. The van der Waals surface area contributed by atoms with Gasteiger partial charge in [-0.2, -0.15) is 0 Å². The molecule has 4 rings (SSSR count). The van der Waals surface area contributed by atoms with E-state index in [-0.39, 0.29) is 12.2 Å². The number of carboxylic acid groups (broad SMARTS) is 1. The van der Waals surface area contributed by atoms with E-state index < -0.39 is 5.97 Å². The van der Waals surface area contributed by atoms with Gasteiger partial charge in [0.15, 0.2) is 11.5 Å². The molecule has 0 atom stereocenters. The van der Waals surface area contributed by atoms with Crippen molar-refractivity contribution in [3.05, 3.63) is 102 Å². The molecule has 0 unspecified atom stereocenters. The van der Waals surface area contributed by atoms with Crippen LogP contribution in [0.2, 0.25) is 0 Å². The molecule has 0 saturated carbocycles.